The van der Waals surface area contributed by atoms with E-state index < -0.39 is 55.2 Å². The highest BCUT2D eigenvalue weighted by Gasteiger charge is 2.52. The van der Waals surface area contributed by atoms with Crippen LogP contribution in [0.15, 0.2) is 30.3 Å². The highest BCUT2D eigenvalue weighted by molar-refractivity contribution is 14.1. The van der Waals surface area contributed by atoms with Gasteiger partial charge in [0.25, 0.3) is 5.69 Å². The van der Waals surface area contributed by atoms with Crippen molar-refractivity contribution >= 4 is 95.5 Å². The molecule has 0 saturated heterocycles. The molecule has 2 rings (SSSR count). The molecule has 178 valence electrons. The molecule has 1 atom stereocenters. The molecule has 1 N–H and O–H groups in total. The van der Waals surface area contributed by atoms with Crippen LogP contribution in [-0.4, -0.2) is 41.2 Å². The first-order chi connectivity index (χ1) is 15.1. The fraction of sp³-hybridized carbons (Fsp3) is 0.176. The minimum Gasteiger partial charge on any atom is -0.451 e. The van der Waals surface area contributed by atoms with Crippen LogP contribution < -0.4 is 4.74 Å². The zero-order valence-electron chi connectivity index (χ0n) is 15.9. The van der Waals surface area contributed by atoms with Crippen molar-refractivity contribution in [2.45, 2.75) is 18.3 Å². The summed E-state index contributed by atoms with van der Waals surface area (Å²) in [5, 5.41) is 6.49. The van der Waals surface area contributed by atoms with Gasteiger partial charge in [-0.3, -0.25) is 14.7 Å². The van der Waals surface area contributed by atoms with Crippen LogP contribution in [0.4, 0.5) is 14.5 Å². The van der Waals surface area contributed by atoms with Gasteiger partial charge in [-0.2, -0.15) is 17.2 Å². The minimum absolute atomic E-state index is 0.0960. The molecule has 0 aromatic heterocycles. The number of rotatable bonds is 7. The first kappa shape index (κ1) is 28.0. The lowest BCUT2D eigenvalue weighted by Gasteiger charge is -2.21. The molecule has 0 fully saturated rings. The fourth-order valence-corrected chi connectivity index (χ4v) is 6.62. The van der Waals surface area contributed by atoms with E-state index in [1.54, 1.807) is 12.1 Å². The summed E-state index contributed by atoms with van der Waals surface area (Å²) in [6, 6.07) is 6.20. The summed E-state index contributed by atoms with van der Waals surface area (Å²) in [6.45, 7) is 0.453. The Kier molecular flexibility index (Phi) is 8.95. The average molecular weight is 823 g/mol. The number of esters is 2. The fourth-order valence-electron chi connectivity index (χ4n) is 2.35. The van der Waals surface area contributed by atoms with Crippen LogP contribution in [0, 0.1) is 20.8 Å². The van der Waals surface area contributed by atoms with E-state index in [2.05, 4.69) is 4.74 Å². The Morgan fingerprint density at radius 1 is 1.15 bits per heavy atom. The van der Waals surface area contributed by atoms with Gasteiger partial charge in [0.1, 0.15) is 0 Å². The summed E-state index contributed by atoms with van der Waals surface area (Å²) in [7, 11) is -5.97. The molecular weight excluding hydrogens is 813 g/mol. The second-order valence-corrected chi connectivity index (χ2v) is 11.2. The smallest absolute Gasteiger partial charge is 0.405 e. The molecule has 33 heavy (non-hydrogen) atoms. The number of hydrogen-bond donors (Lipinski definition) is 1. The molecule has 1 unspecified atom stereocenters. The Morgan fingerprint density at radius 2 is 1.70 bits per heavy atom. The topological polar surface area (TPSA) is 150 Å². The summed E-state index contributed by atoms with van der Waals surface area (Å²) >= 11 is 5.80. The number of benzene rings is 2. The van der Waals surface area contributed by atoms with Crippen molar-refractivity contribution < 1.29 is 45.7 Å². The highest BCUT2D eigenvalue weighted by Crippen LogP contribution is 2.33. The van der Waals surface area contributed by atoms with Crippen molar-refractivity contribution in [2.24, 2.45) is 0 Å². The molecule has 2 aromatic carbocycles. The van der Waals surface area contributed by atoms with Crippen molar-refractivity contribution in [1.29, 1.82) is 0 Å². The number of hydrogen-bond acceptors (Lipinski definition) is 8. The molecular formula is C17H10F2I3NO9S. The van der Waals surface area contributed by atoms with Gasteiger partial charge in [-0.15, -0.1) is 0 Å². The van der Waals surface area contributed by atoms with Crippen LogP contribution in [0.5, 0.6) is 5.75 Å². The molecule has 0 aliphatic heterocycles. The number of nitro benzene ring substituents is 1. The molecule has 16 heteroatoms. The number of carbonyl (C=O) groups excluding carboxylic acids is 2. The van der Waals surface area contributed by atoms with Gasteiger partial charge in [0.05, 0.1) is 17.6 Å². The summed E-state index contributed by atoms with van der Waals surface area (Å²) in [5.74, 6) is -2.92. The van der Waals surface area contributed by atoms with Crippen molar-refractivity contribution in [3.8, 4) is 5.75 Å². The lowest BCUT2D eigenvalue weighted by molar-refractivity contribution is -0.385. The molecule has 0 heterocycles. The van der Waals surface area contributed by atoms with Crippen molar-refractivity contribution in [3.05, 3.63) is 62.3 Å². The normalized spacial score (nSPS) is 12.7. The maximum atomic E-state index is 13.8. The molecule has 0 amide bonds. The summed E-state index contributed by atoms with van der Waals surface area (Å²) in [4.78, 5) is 35.7. The van der Waals surface area contributed by atoms with E-state index in [0.717, 1.165) is 21.8 Å². The number of halogens is 5. The molecule has 0 radical (unpaired) electrons. The van der Waals surface area contributed by atoms with E-state index in [0.29, 0.717) is 14.1 Å². The van der Waals surface area contributed by atoms with E-state index in [4.69, 9.17) is 9.29 Å². The lowest BCUT2D eigenvalue weighted by atomic mass is 10.1. The largest absolute Gasteiger partial charge is 0.451 e. The van der Waals surface area contributed by atoms with Crippen molar-refractivity contribution in [1.82, 2.24) is 0 Å². The van der Waals surface area contributed by atoms with Gasteiger partial charge in [0.2, 0.25) is 0 Å². The SMILES string of the molecule is CC(OC(=O)c1c(C(=O)Oc2c(I)cc(I)cc2I)cccc1[N+](=O)[O-])C(F)(F)S(=O)(=O)O. The van der Waals surface area contributed by atoms with Gasteiger partial charge in [-0.1, -0.05) is 6.07 Å². The number of ether oxygens (including phenoxy) is 2. The quantitative estimate of drug-likeness (QED) is 0.105. The Hall–Kier alpha value is -1.26. The van der Waals surface area contributed by atoms with E-state index in [1.165, 1.54) is 0 Å². The number of nitrogens with zero attached hydrogens (tertiary/aromatic N) is 1. The van der Waals surface area contributed by atoms with Crippen molar-refractivity contribution in [3.63, 3.8) is 0 Å². The third kappa shape index (κ3) is 6.25. The van der Waals surface area contributed by atoms with E-state index in [9.17, 15) is 36.9 Å². The second kappa shape index (κ2) is 10.6. The van der Waals surface area contributed by atoms with Crippen LogP contribution in [0.25, 0.3) is 0 Å². The van der Waals surface area contributed by atoms with Crippen molar-refractivity contribution in [2.75, 3.05) is 0 Å². The molecule has 0 saturated carbocycles. The molecule has 2 aromatic rings. The number of nitro groups is 1. The predicted octanol–water partition coefficient (Wildman–Crippen LogP) is 4.65. The van der Waals surface area contributed by atoms with Gasteiger partial charge >= 0.3 is 27.3 Å². The Bertz CT molecular complexity index is 1230. The minimum atomic E-state index is -5.97. The molecule has 0 aliphatic rings. The summed E-state index contributed by atoms with van der Waals surface area (Å²) in [6.07, 6.45) is -2.75. The number of carbonyl (C=O) groups is 2. The van der Waals surface area contributed by atoms with Crippen LogP contribution in [0.1, 0.15) is 27.6 Å². The first-order valence-corrected chi connectivity index (χ1v) is 13.0. The van der Waals surface area contributed by atoms with Crippen LogP contribution >= 0.6 is 67.8 Å². The first-order valence-electron chi connectivity index (χ1n) is 8.27. The Morgan fingerprint density at radius 3 is 2.18 bits per heavy atom. The zero-order chi connectivity index (χ0) is 25.3. The summed E-state index contributed by atoms with van der Waals surface area (Å²) in [5.41, 5.74) is -2.67. The maximum absolute atomic E-state index is 13.8. The molecule has 10 nitrogen and oxygen atoms in total. The van der Waals surface area contributed by atoms with Gasteiger partial charge in [-0.05, 0) is 92.9 Å². The predicted molar refractivity (Wildman–Crippen MR) is 134 cm³/mol. The second-order valence-electron chi connectivity index (χ2n) is 6.13. The average Bonchev–Trinajstić information content (AvgIpc) is 2.68. The van der Waals surface area contributed by atoms with Crippen LogP contribution in [0.2, 0.25) is 0 Å². The standard InChI is InChI=1S/C17H10F2I3NO9S/c1-7(17(18,19)33(28,29)30)31-16(25)13-9(3-2-4-12(13)23(26)27)15(24)32-14-10(21)5-8(20)6-11(14)22/h2-7H,1H3,(H,28,29,30). The van der Waals surface area contributed by atoms with E-state index in [-0.39, 0.29) is 5.75 Å². The van der Waals surface area contributed by atoms with E-state index in [1.807, 2.05) is 67.8 Å². The molecule has 0 aliphatic carbocycles. The van der Waals surface area contributed by atoms with Gasteiger partial charge in [-0.25, -0.2) is 9.59 Å². The van der Waals surface area contributed by atoms with Gasteiger partial charge < -0.3 is 9.47 Å². The lowest BCUT2D eigenvalue weighted by Crippen LogP contribution is -2.42. The summed E-state index contributed by atoms with van der Waals surface area (Å²) < 4.78 is 69.5. The van der Waals surface area contributed by atoms with Gasteiger partial charge in [0.15, 0.2) is 17.4 Å². The monoisotopic (exact) mass is 823 g/mol. The number of alkyl halides is 2. The van der Waals surface area contributed by atoms with E-state index >= 15 is 0 Å². The third-order valence-electron chi connectivity index (χ3n) is 3.92. The highest BCUT2D eigenvalue weighted by atomic mass is 127. The van der Waals surface area contributed by atoms with Crippen LogP contribution in [0.3, 0.4) is 0 Å². The zero-order valence-corrected chi connectivity index (χ0v) is 23.2. The van der Waals surface area contributed by atoms with Gasteiger partial charge in [0, 0.05) is 9.64 Å². The van der Waals surface area contributed by atoms with Crippen LogP contribution in [-0.2, 0) is 14.9 Å². The Labute approximate surface area is 225 Å². The maximum Gasteiger partial charge on any atom is 0.405 e. The third-order valence-corrected chi connectivity index (χ3v) is 7.17. The Balaban J connectivity index is 2.52. The molecule has 0 spiro atoms. The molecule has 0 bridgehead atoms.